The van der Waals surface area contributed by atoms with Crippen LogP contribution in [0.3, 0.4) is 0 Å². The molecule has 0 radical (unpaired) electrons. The average molecular weight is 445 g/mol. The molecule has 0 bridgehead atoms. The monoisotopic (exact) mass is 444 g/mol. The second-order valence-electron chi connectivity index (χ2n) is 7.13. The van der Waals surface area contributed by atoms with Crippen molar-refractivity contribution in [1.29, 1.82) is 0 Å². The van der Waals surface area contributed by atoms with E-state index in [1.54, 1.807) is 43.8 Å². The summed E-state index contributed by atoms with van der Waals surface area (Å²) in [4.78, 5) is 24.2. The van der Waals surface area contributed by atoms with Gasteiger partial charge >= 0.3 is 0 Å². The molecule has 0 saturated heterocycles. The number of aromatic nitrogens is 2. The summed E-state index contributed by atoms with van der Waals surface area (Å²) in [6.45, 7) is 1.82. The summed E-state index contributed by atoms with van der Waals surface area (Å²) in [7, 11) is 3.14. The number of nitrogens with one attached hydrogen (secondary N) is 1. The molecule has 1 amide bonds. The molecule has 0 saturated carbocycles. The number of thiophene rings is 1. The van der Waals surface area contributed by atoms with E-state index in [4.69, 9.17) is 20.2 Å². The van der Waals surface area contributed by atoms with E-state index in [2.05, 4.69) is 10.3 Å². The number of ether oxygens (including phenoxy) is 2. The van der Waals surface area contributed by atoms with Gasteiger partial charge in [0.2, 0.25) is 5.91 Å². The zero-order valence-electron chi connectivity index (χ0n) is 17.2. The summed E-state index contributed by atoms with van der Waals surface area (Å²) in [5, 5.41) is 4.01. The Morgan fingerprint density at radius 2 is 1.87 bits per heavy atom. The first-order valence-corrected chi connectivity index (χ1v) is 11.5. The first kappa shape index (κ1) is 20.7. The molecule has 0 fully saturated rings. The van der Waals surface area contributed by atoms with E-state index in [9.17, 15) is 4.79 Å². The Labute approximate surface area is 183 Å². The van der Waals surface area contributed by atoms with Gasteiger partial charge in [-0.15, -0.1) is 11.3 Å². The number of hydrogen-bond acceptors (Lipinski definition) is 8. The first-order valence-electron chi connectivity index (χ1n) is 9.77. The lowest BCUT2D eigenvalue weighted by atomic mass is 9.97. The van der Waals surface area contributed by atoms with Gasteiger partial charge in [0.05, 0.1) is 24.9 Å². The van der Waals surface area contributed by atoms with E-state index in [0.717, 1.165) is 23.1 Å². The highest BCUT2D eigenvalue weighted by Crippen LogP contribution is 2.39. The number of thioether (sulfide) groups is 1. The number of nitrogen functional groups attached to an aromatic ring is 1. The predicted molar refractivity (Wildman–Crippen MR) is 122 cm³/mol. The highest BCUT2D eigenvalue weighted by Gasteiger charge is 2.22. The van der Waals surface area contributed by atoms with Crippen molar-refractivity contribution in [2.45, 2.75) is 43.0 Å². The molecule has 2 aromatic heterocycles. The van der Waals surface area contributed by atoms with Gasteiger partial charge in [0.1, 0.15) is 22.1 Å². The lowest BCUT2D eigenvalue weighted by molar-refractivity contribution is -0.115. The SMILES string of the molecule is COc1cc(NC(=O)C(C)Sc2nc(N)c3c4c(sc3n2)CCCC4)cc(OC)c1. The lowest BCUT2D eigenvalue weighted by Gasteiger charge is -2.13. The van der Waals surface area contributed by atoms with Crippen LogP contribution in [-0.2, 0) is 17.6 Å². The number of fused-ring (bicyclic) bond motifs is 3. The second-order valence-corrected chi connectivity index (χ2v) is 9.52. The molecule has 4 rings (SSSR count). The van der Waals surface area contributed by atoms with Gasteiger partial charge in [0.25, 0.3) is 0 Å². The number of rotatable bonds is 6. The molecule has 9 heteroatoms. The predicted octanol–water partition coefficient (Wildman–Crippen LogP) is 4.29. The van der Waals surface area contributed by atoms with Gasteiger partial charge < -0.3 is 20.5 Å². The Kier molecular flexibility index (Phi) is 6.01. The molecule has 3 N–H and O–H groups in total. The normalized spacial score (nSPS) is 14.2. The summed E-state index contributed by atoms with van der Waals surface area (Å²) >= 11 is 3.00. The zero-order chi connectivity index (χ0) is 21.3. The average Bonchev–Trinajstić information content (AvgIpc) is 3.12. The maximum atomic E-state index is 12.7. The van der Waals surface area contributed by atoms with Crippen molar-refractivity contribution in [3.8, 4) is 11.5 Å². The molecule has 2 heterocycles. The summed E-state index contributed by atoms with van der Waals surface area (Å²) in [6.07, 6.45) is 4.52. The van der Waals surface area contributed by atoms with Gasteiger partial charge in [-0.1, -0.05) is 11.8 Å². The molecule has 0 spiro atoms. The molecular formula is C21H24N4O3S2. The van der Waals surface area contributed by atoms with Crippen LogP contribution >= 0.6 is 23.1 Å². The van der Waals surface area contributed by atoms with Crippen LogP contribution in [0.15, 0.2) is 23.4 Å². The number of benzene rings is 1. The van der Waals surface area contributed by atoms with E-state index >= 15 is 0 Å². The number of methoxy groups -OCH3 is 2. The van der Waals surface area contributed by atoms with Crippen molar-refractivity contribution in [2.24, 2.45) is 0 Å². The fourth-order valence-corrected chi connectivity index (χ4v) is 5.66. The van der Waals surface area contributed by atoms with Crippen molar-refractivity contribution in [1.82, 2.24) is 9.97 Å². The van der Waals surface area contributed by atoms with Crippen molar-refractivity contribution >= 4 is 50.7 Å². The first-order chi connectivity index (χ1) is 14.5. The standard InChI is InChI=1S/C21H24N4O3S2/c1-11(19(26)23-12-8-13(27-2)10-14(9-12)28-3)29-21-24-18(22)17-15-6-4-5-7-16(15)30-20(17)25-21/h8-11H,4-7H2,1-3H3,(H,23,26)(H2,22,24,25). The number of nitrogens with two attached hydrogens (primary N) is 1. The molecule has 3 aromatic rings. The number of hydrogen-bond donors (Lipinski definition) is 2. The number of amides is 1. The number of anilines is 2. The molecule has 1 aliphatic rings. The van der Waals surface area contributed by atoms with Crippen molar-refractivity contribution < 1.29 is 14.3 Å². The van der Waals surface area contributed by atoms with Crippen LogP contribution in [0.2, 0.25) is 0 Å². The van der Waals surface area contributed by atoms with E-state index in [1.807, 2.05) is 6.92 Å². The van der Waals surface area contributed by atoms with Crippen LogP contribution < -0.4 is 20.5 Å². The minimum absolute atomic E-state index is 0.164. The third-order valence-corrected chi connectivity index (χ3v) is 7.24. The molecule has 7 nitrogen and oxygen atoms in total. The molecule has 1 aliphatic carbocycles. The third-order valence-electron chi connectivity index (χ3n) is 5.09. The molecule has 0 aliphatic heterocycles. The molecular weight excluding hydrogens is 420 g/mol. The largest absolute Gasteiger partial charge is 0.497 e. The number of nitrogens with zero attached hydrogens (tertiary/aromatic N) is 2. The van der Waals surface area contributed by atoms with Crippen LogP contribution in [-0.4, -0.2) is 35.3 Å². The number of aryl methyl sites for hydroxylation is 2. The van der Waals surface area contributed by atoms with Crippen LogP contribution in [0.1, 0.15) is 30.2 Å². The minimum Gasteiger partial charge on any atom is -0.497 e. The Balaban J connectivity index is 1.51. The Hall–Kier alpha value is -2.52. The third kappa shape index (κ3) is 4.17. The summed E-state index contributed by atoms with van der Waals surface area (Å²) in [5.41, 5.74) is 8.19. The summed E-state index contributed by atoms with van der Waals surface area (Å²) in [6, 6.07) is 5.24. The van der Waals surface area contributed by atoms with Crippen LogP contribution in [0.25, 0.3) is 10.2 Å². The van der Waals surface area contributed by atoms with Gasteiger partial charge in [0.15, 0.2) is 5.16 Å². The number of carbonyl (C=O) groups excluding carboxylic acids is 1. The molecule has 1 unspecified atom stereocenters. The Bertz CT molecular complexity index is 1080. The quantitative estimate of drug-likeness (QED) is 0.432. The second kappa shape index (κ2) is 8.69. The molecule has 1 aromatic carbocycles. The van der Waals surface area contributed by atoms with Crippen molar-refractivity contribution in [2.75, 3.05) is 25.3 Å². The maximum absolute atomic E-state index is 12.7. The Morgan fingerprint density at radius 3 is 2.57 bits per heavy atom. The zero-order valence-corrected chi connectivity index (χ0v) is 18.8. The minimum atomic E-state index is -0.409. The fraction of sp³-hybridized carbons (Fsp3) is 0.381. The van der Waals surface area contributed by atoms with Gasteiger partial charge in [-0.05, 0) is 38.2 Å². The van der Waals surface area contributed by atoms with Crippen molar-refractivity contribution in [3.63, 3.8) is 0 Å². The Morgan fingerprint density at radius 1 is 1.17 bits per heavy atom. The fourth-order valence-electron chi connectivity index (χ4n) is 3.55. The summed E-state index contributed by atoms with van der Waals surface area (Å²) in [5.74, 6) is 1.55. The topological polar surface area (TPSA) is 99.4 Å². The van der Waals surface area contributed by atoms with Crippen molar-refractivity contribution in [3.05, 3.63) is 28.6 Å². The van der Waals surface area contributed by atoms with Crippen LogP contribution in [0.4, 0.5) is 11.5 Å². The highest BCUT2D eigenvalue weighted by molar-refractivity contribution is 8.00. The summed E-state index contributed by atoms with van der Waals surface area (Å²) < 4.78 is 10.5. The van der Waals surface area contributed by atoms with E-state index in [1.165, 1.54) is 35.0 Å². The van der Waals surface area contributed by atoms with Crippen LogP contribution in [0.5, 0.6) is 11.5 Å². The van der Waals surface area contributed by atoms with E-state index < -0.39 is 5.25 Å². The number of carbonyl (C=O) groups is 1. The molecule has 158 valence electrons. The molecule has 1 atom stereocenters. The van der Waals surface area contributed by atoms with Gasteiger partial charge in [0, 0.05) is 28.8 Å². The smallest absolute Gasteiger partial charge is 0.237 e. The highest BCUT2D eigenvalue weighted by atomic mass is 32.2. The lowest BCUT2D eigenvalue weighted by Crippen LogP contribution is -2.22. The van der Waals surface area contributed by atoms with Gasteiger partial charge in [-0.3, -0.25) is 4.79 Å². The maximum Gasteiger partial charge on any atom is 0.237 e. The van der Waals surface area contributed by atoms with Crippen LogP contribution in [0, 0.1) is 0 Å². The van der Waals surface area contributed by atoms with Gasteiger partial charge in [-0.2, -0.15) is 0 Å². The van der Waals surface area contributed by atoms with E-state index in [0.29, 0.717) is 28.2 Å². The molecule has 30 heavy (non-hydrogen) atoms. The van der Waals surface area contributed by atoms with E-state index in [-0.39, 0.29) is 5.91 Å². The van der Waals surface area contributed by atoms with Gasteiger partial charge in [-0.25, -0.2) is 9.97 Å².